The van der Waals surface area contributed by atoms with Crippen molar-refractivity contribution in [2.75, 3.05) is 13.7 Å². The fourth-order valence-electron chi connectivity index (χ4n) is 8.35. The van der Waals surface area contributed by atoms with Crippen molar-refractivity contribution in [3.63, 3.8) is 0 Å². The van der Waals surface area contributed by atoms with E-state index >= 15 is 0 Å². The summed E-state index contributed by atoms with van der Waals surface area (Å²) in [4.78, 5) is 20.7. The van der Waals surface area contributed by atoms with Gasteiger partial charge in [-0.1, -0.05) is 91.8 Å². The highest BCUT2D eigenvalue weighted by Gasteiger charge is 2.68. The monoisotopic (exact) mass is 636 g/mol. The van der Waals surface area contributed by atoms with Gasteiger partial charge in [-0.2, -0.15) is 0 Å². The first kappa shape index (κ1) is 31.9. The Bertz CT molecular complexity index is 1600. The maximum Gasteiger partial charge on any atom is 0.482 e. The van der Waals surface area contributed by atoms with E-state index in [1.165, 1.54) is 6.42 Å². The number of benzene rings is 3. The van der Waals surface area contributed by atoms with Crippen LogP contribution in [-0.4, -0.2) is 55.7 Å². The first-order chi connectivity index (χ1) is 22.7. The molecule has 5 aliphatic rings. The smallest absolute Gasteiger partial charge is 0.482 e. The average molecular weight is 637 g/mol. The van der Waals surface area contributed by atoms with Crippen molar-refractivity contribution in [1.82, 2.24) is 5.32 Å². The SMILES string of the molecule is COc1cccc(COCC2=NOC(Cc3ccccc3)(C(=O)N[C@@H](Cc3ccccc3)B3O[C@@H]4C[C@@H]5C[C@@H](C5(C)C)[C@]4(C)O3)C2)c1. The summed E-state index contributed by atoms with van der Waals surface area (Å²) in [5, 5.41) is 7.76. The molecule has 0 radical (unpaired) electrons. The number of hydrogen-bond donors (Lipinski definition) is 1. The third-order valence-electron chi connectivity index (χ3n) is 11.2. The van der Waals surface area contributed by atoms with Crippen LogP contribution in [0.1, 0.15) is 56.7 Å². The van der Waals surface area contributed by atoms with E-state index in [0.29, 0.717) is 43.4 Å². The van der Waals surface area contributed by atoms with Crippen LogP contribution in [0.15, 0.2) is 90.1 Å². The molecular weight excluding hydrogens is 591 g/mol. The summed E-state index contributed by atoms with van der Waals surface area (Å²) < 4.78 is 25.0. The van der Waals surface area contributed by atoms with Crippen molar-refractivity contribution < 1.29 is 28.4 Å². The number of carbonyl (C=O) groups is 1. The van der Waals surface area contributed by atoms with E-state index in [9.17, 15) is 4.79 Å². The Balaban J connectivity index is 1.09. The number of carbonyl (C=O) groups excluding carboxylic acids is 1. The molecule has 0 spiro atoms. The summed E-state index contributed by atoms with van der Waals surface area (Å²) in [5.74, 6) is 1.19. The normalized spacial score (nSPS) is 29.2. The van der Waals surface area contributed by atoms with E-state index in [2.05, 4.69) is 43.4 Å². The molecule has 6 atom stereocenters. The Kier molecular flexibility index (Phi) is 8.66. The van der Waals surface area contributed by atoms with E-state index in [-0.39, 0.29) is 29.6 Å². The van der Waals surface area contributed by atoms with Gasteiger partial charge in [-0.15, -0.1) is 0 Å². The van der Waals surface area contributed by atoms with Gasteiger partial charge in [0.1, 0.15) is 5.75 Å². The first-order valence-corrected chi connectivity index (χ1v) is 16.9. The number of amides is 1. The highest BCUT2D eigenvalue weighted by Crippen LogP contribution is 2.65. The minimum atomic E-state index is -1.23. The zero-order valence-corrected chi connectivity index (χ0v) is 27.8. The molecule has 47 heavy (non-hydrogen) atoms. The summed E-state index contributed by atoms with van der Waals surface area (Å²) in [5.41, 5.74) is 2.38. The van der Waals surface area contributed by atoms with Crippen molar-refractivity contribution in [3.05, 3.63) is 102 Å². The lowest BCUT2D eigenvalue weighted by atomic mass is 9.43. The van der Waals surface area contributed by atoms with Crippen LogP contribution in [0.25, 0.3) is 0 Å². The van der Waals surface area contributed by atoms with Crippen LogP contribution in [0, 0.1) is 17.3 Å². The standard InChI is InChI=1S/C38H45BN2O6/c1-36(2)29-20-32(36)37(3)33(21-29)45-39(46-37)34(19-26-12-7-5-8-13-26)40-35(42)38(22-27-14-9-6-10-15-27)23-30(41-47-38)25-44-24-28-16-11-17-31(18-28)43-4/h5-18,29,32-34H,19-25H2,1-4H3,(H,40,42)/t29-,32-,33+,34-,37-,38?/m0/s1. The van der Waals surface area contributed by atoms with Crippen LogP contribution in [-0.2, 0) is 43.1 Å². The molecule has 3 aromatic rings. The second kappa shape index (κ2) is 12.8. The van der Waals surface area contributed by atoms with E-state index in [1.54, 1.807) is 7.11 Å². The molecule has 8 nitrogen and oxygen atoms in total. The lowest BCUT2D eigenvalue weighted by Crippen LogP contribution is -2.65. The van der Waals surface area contributed by atoms with Crippen molar-refractivity contribution in [2.24, 2.45) is 22.4 Å². The van der Waals surface area contributed by atoms with Gasteiger partial charge in [0.05, 0.1) is 43.7 Å². The summed E-state index contributed by atoms with van der Waals surface area (Å²) >= 11 is 0. The van der Waals surface area contributed by atoms with Crippen LogP contribution >= 0.6 is 0 Å². The molecular formula is C38H45BN2O6. The highest BCUT2D eigenvalue weighted by molar-refractivity contribution is 6.48. The van der Waals surface area contributed by atoms with Crippen LogP contribution in [0.2, 0.25) is 0 Å². The molecule has 2 bridgehead atoms. The molecule has 3 aliphatic carbocycles. The first-order valence-electron chi connectivity index (χ1n) is 16.9. The number of rotatable bonds is 12. The van der Waals surface area contributed by atoms with E-state index in [1.807, 2.05) is 72.8 Å². The lowest BCUT2D eigenvalue weighted by molar-refractivity contribution is -0.199. The zero-order chi connectivity index (χ0) is 32.6. The Morgan fingerprint density at radius 3 is 2.40 bits per heavy atom. The van der Waals surface area contributed by atoms with Crippen LogP contribution in [0.4, 0.5) is 0 Å². The van der Waals surface area contributed by atoms with E-state index in [4.69, 9.17) is 23.6 Å². The maximum absolute atomic E-state index is 14.5. The molecule has 2 heterocycles. The third-order valence-corrected chi connectivity index (χ3v) is 11.2. The maximum atomic E-state index is 14.5. The molecule has 4 fully saturated rings. The van der Waals surface area contributed by atoms with Crippen molar-refractivity contribution in [2.45, 2.75) is 82.7 Å². The van der Waals surface area contributed by atoms with E-state index in [0.717, 1.165) is 28.9 Å². The highest BCUT2D eigenvalue weighted by atomic mass is 16.7. The van der Waals surface area contributed by atoms with Gasteiger partial charge in [-0.05, 0) is 72.3 Å². The summed E-state index contributed by atoms with van der Waals surface area (Å²) in [7, 11) is 1.07. The zero-order valence-electron chi connectivity index (χ0n) is 27.8. The van der Waals surface area contributed by atoms with Gasteiger partial charge in [-0.3, -0.25) is 4.79 Å². The molecule has 1 N–H and O–H groups in total. The van der Waals surface area contributed by atoms with Gasteiger partial charge in [0.25, 0.3) is 5.91 Å². The fraction of sp³-hybridized carbons (Fsp3) is 0.474. The van der Waals surface area contributed by atoms with Gasteiger partial charge in [-0.25, -0.2) is 0 Å². The van der Waals surface area contributed by atoms with Crippen molar-refractivity contribution >= 4 is 18.7 Å². The van der Waals surface area contributed by atoms with Crippen molar-refractivity contribution in [3.8, 4) is 5.75 Å². The molecule has 8 rings (SSSR count). The Labute approximate surface area is 278 Å². The molecule has 3 aromatic carbocycles. The average Bonchev–Trinajstić information content (AvgIpc) is 3.66. The molecule has 246 valence electrons. The van der Waals surface area contributed by atoms with Gasteiger partial charge in [0.15, 0.2) is 0 Å². The number of nitrogens with zero attached hydrogens (tertiary/aromatic N) is 1. The molecule has 9 heteroatoms. The topological polar surface area (TPSA) is 87.6 Å². The molecule has 2 aliphatic heterocycles. The largest absolute Gasteiger partial charge is 0.497 e. The van der Waals surface area contributed by atoms with Crippen LogP contribution in [0.5, 0.6) is 5.75 Å². The Morgan fingerprint density at radius 2 is 1.68 bits per heavy atom. The predicted molar refractivity (Wildman–Crippen MR) is 181 cm³/mol. The van der Waals surface area contributed by atoms with Crippen molar-refractivity contribution in [1.29, 1.82) is 0 Å². The second-order valence-corrected chi connectivity index (χ2v) is 14.5. The molecule has 3 saturated carbocycles. The summed E-state index contributed by atoms with van der Waals surface area (Å²) in [6.07, 6.45) is 3.41. The van der Waals surface area contributed by atoms with Crippen LogP contribution in [0.3, 0.4) is 0 Å². The molecule has 1 unspecified atom stereocenters. The summed E-state index contributed by atoms with van der Waals surface area (Å²) in [6.45, 7) is 7.57. The Morgan fingerprint density at radius 1 is 0.957 bits per heavy atom. The molecule has 1 amide bonds. The number of hydrogen-bond acceptors (Lipinski definition) is 7. The fourth-order valence-corrected chi connectivity index (χ4v) is 8.35. The third kappa shape index (κ3) is 6.21. The molecule has 0 aromatic heterocycles. The van der Waals surface area contributed by atoms with Gasteiger partial charge in [0.2, 0.25) is 5.60 Å². The number of nitrogens with one attached hydrogen (secondary N) is 1. The molecule has 1 saturated heterocycles. The second-order valence-electron chi connectivity index (χ2n) is 14.5. The van der Waals surface area contributed by atoms with Gasteiger partial charge >= 0.3 is 7.12 Å². The van der Waals surface area contributed by atoms with Crippen LogP contribution < -0.4 is 10.1 Å². The number of ether oxygens (including phenoxy) is 2. The minimum Gasteiger partial charge on any atom is -0.497 e. The Hall–Kier alpha value is -3.66. The quantitative estimate of drug-likeness (QED) is 0.247. The number of oxime groups is 1. The van der Waals surface area contributed by atoms with E-state index < -0.39 is 18.7 Å². The van der Waals surface area contributed by atoms with Gasteiger partial charge in [0, 0.05) is 12.8 Å². The number of methoxy groups -OCH3 is 1. The lowest BCUT2D eigenvalue weighted by Gasteiger charge is -2.64. The summed E-state index contributed by atoms with van der Waals surface area (Å²) in [6, 6.07) is 27.9. The minimum absolute atomic E-state index is 0.0112. The predicted octanol–water partition coefficient (Wildman–Crippen LogP) is 5.96. The van der Waals surface area contributed by atoms with Gasteiger partial charge < -0.3 is 28.9 Å².